The van der Waals surface area contributed by atoms with E-state index in [9.17, 15) is 4.79 Å². The highest BCUT2D eigenvalue weighted by atomic mass is 16.1. The number of hydrogen-bond donors (Lipinski definition) is 1. The van der Waals surface area contributed by atoms with Crippen molar-refractivity contribution in [2.45, 2.75) is 38.6 Å². The second-order valence-corrected chi connectivity index (χ2v) is 4.66. The first kappa shape index (κ1) is 11.2. The first-order valence-electron chi connectivity index (χ1n) is 6.15. The minimum atomic E-state index is 0.237. The number of nitrogens with zero attached hydrogens (tertiary/aromatic N) is 1. The summed E-state index contributed by atoms with van der Waals surface area (Å²) in [5, 5.41) is 3.04. The molecule has 1 aromatic heterocycles. The number of aryl methyl sites for hydroxylation is 1. The van der Waals surface area contributed by atoms with Crippen LogP contribution in [0.2, 0.25) is 0 Å². The maximum atomic E-state index is 11.9. The number of hydrogen-bond acceptors (Lipinski definition) is 1. The molecule has 1 N–H and O–H groups in total. The lowest BCUT2D eigenvalue weighted by atomic mass is 9.89. The van der Waals surface area contributed by atoms with Gasteiger partial charge < -0.3 is 9.88 Å². The fraction of sp³-hybridized carbons (Fsp3) is 0.615. The van der Waals surface area contributed by atoms with Gasteiger partial charge in [-0.3, -0.25) is 4.79 Å². The van der Waals surface area contributed by atoms with Crippen LogP contribution in [-0.2, 0) is 18.4 Å². The number of aromatic nitrogens is 1. The van der Waals surface area contributed by atoms with Crippen LogP contribution in [0.5, 0.6) is 0 Å². The third-order valence-corrected chi connectivity index (χ3v) is 3.47. The Labute approximate surface area is 96.8 Å². The number of amides is 1. The highest BCUT2D eigenvalue weighted by molar-refractivity contribution is 5.78. The van der Waals surface area contributed by atoms with Crippen LogP contribution in [0.1, 0.15) is 37.8 Å². The molecule has 0 bridgehead atoms. The summed E-state index contributed by atoms with van der Waals surface area (Å²) in [6.07, 6.45) is 7.85. The van der Waals surface area contributed by atoms with Crippen molar-refractivity contribution in [1.29, 1.82) is 0 Å². The molecule has 2 rings (SSSR count). The van der Waals surface area contributed by atoms with E-state index in [-0.39, 0.29) is 11.8 Å². The van der Waals surface area contributed by atoms with Gasteiger partial charge in [-0.15, -0.1) is 0 Å². The Bertz CT molecular complexity index is 351. The molecule has 0 saturated heterocycles. The van der Waals surface area contributed by atoms with Gasteiger partial charge in [-0.2, -0.15) is 0 Å². The van der Waals surface area contributed by atoms with Crippen molar-refractivity contribution < 1.29 is 4.79 Å². The van der Waals surface area contributed by atoms with Gasteiger partial charge in [-0.05, 0) is 25.0 Å². The van der Waals surface area contributed by atoms with Crippen LogP contribution in [-0.4, -0.2) is 10.5 Å². The Hall–Kier alpha value is -1.25. The summed E-state index contributed by atoms with van der Waals surface area (Å²) in [5.74, 6) is 0.495. The molecule has 0 spiro atoms. The van der Waals surface area contributed by atoms with Crippen molar-refractivity contribution in [3.8, 4) is 0 Å². The molecule has 88 valence electrons. The molecule has 0 unspecified atom stereocenters. The standard InChI is InChI=1S/C13H20N2O/c1-15-9-5-8-12(15)10-14-13(16)11-6-3-2-4-7-11/h5,8-9,11H,2-4,6-7,10H2,1H3,(H,14,16). The summed E-state index contributed by atoms with van der Waals surface area (Å²) in [5.41, 5.74) is 1.16. The molecule has 1 saturated carbocycles. The van der Waals surface area contributed by atoms with Crippen LogP contribution in [0.4, 0.5) is 0 Å². The fourth-order valence-corrected chi connectivity index (χ4v) is 2.37. The first-order chi connectivity index (χ1) is 7.77. The third kappa shape index (κ3) is 2.65. The summed E-state index contributed by atoms with van der Waals surface area (Å²) in [4.78, 5) is 11.9. The van der Waals surface area contributed by atoms with Gasteiger partial charge in [0.25, 0.3) is 0 Å². The summed E-state index contributed by atoms with van der Waals surface area (Å²) in [7, 11) is 2.00. The zero-order valence-corrected chi connectivity index (χ0v) is 9.91. The molecule has 1 amide bonds. The van der Waals surface area contributed by atoms with Crippen molar-refractivity contribution in [2.24, 2.45) is 13.0 Å². The fourth-order valence-electron chi connectivity index (χ4n) is 2.37. The van der Waals surface area contributed by atoms with E-state index in [1.165, 1.54) is 19.3 Å². The van der Waals surface area contributed by atoms with Crippen LogP contribution in [0.3, 0.4) is 0 Å². The Kier molecular flexibility index (Phi) is 3.65. The second-order valence-electron chi connectivity index (χ2n) is 4.66. The van der Waals surface area contributed by atoms with E-state index in [0.29, 0.717) is 6.54 Å². The minimum absolute atomic E-state index is 0.237. The highest BCUT2D eigenvalue weighted by Crippen LogP contribution is 2.23. The van der Waals surface area contributed by atoms with Crippen LogP contribution < -0.4 is 5.32 Å². The lowest BCUT2D eigenvalue weighted by Gasteiger charge is -2.20. The van der Waals surface area contributed by atoms with Gasteiger partial charge in [-0.1, -0.05) is 19.3 Å². The molecular weight excluding hydrogens is 200 g/mol. The smallest absolute Gasteiger partial charge is 0.223 e. The van der Waals surface area contributed by atoms with E-state index in [0.717, 1.165) is 18.5 Å². The highest BCUT2D eigenvalue weighted by Gasteiger charge is 2.20. The minimum Gasteiger partial charge on any atom is -0.353 e. The van der Waals surface area contributed by atoms with Crippen molar-refractivity contribution >= 4 is 5.91 Å². The Morgan fingerprint density at radius 3 is 2.81 bits per heavy atom. The van der Waals surface area contributed by atoms with Gasteiger partial charge in [0.05, 0.1) is 6.54 Å². The van der Waals surface area contributed by atoms with E-state index < -0.39 is 0 Å². The predicted octanol–water partition coefficient (Wildman–Crippen LogP) is 2.22. The van der Waals surface area contributed by atoms with E-state index in [1.54, 1.807) is 0 Å². The van der Waals surface area contributed by atoms with E-state index in [1.807, 2.05) is 29.9 Å². The largest absolute Gasteiger partial charge is 0.353 e. The van der Waals surface area contributed by atoms with Gasteiger partial charge >= 0.3 is 0 Å². The van der Waals surface area contributed by atoms with Crippen molar-refractivity contribution in [2.75, 3.05) is 0 Å². The molecule has 0 radical (unpaired) electrons. The molecule has 1 aliphatic rings. The lowest BCUT2D eigenvalue weighted by Crippen LogP contribution is -2.31. The zero-order chi connectivity index (χ0) is 11.4. The van der Waals surface area contributed by atoms with Crippen molar-refractivity contribution in [3.05, 3.63) is 24.0 Å². The van der Waals surface area contributed by atoms with E-state index >= 15 is 0 Å². The Morgan fingerprint density at radius 2 is 2.19 bits per heavy atom. The Balaban J connectivity index is 1.81. The van der Waals surface area contributed by atoms with Gasteiger partial charge in [0.1, 0.15) is 0 Å². The predicted molar refractivity (Wildman–Crippen MR) is 63.8 cm³/mol. The van der Waals surface area contributed by atoms with Gasteiger partial charge in [0.15, 0.2) is 0 Å². The molecule has 1 fully saturated rings. The molecule has 0 aromatic carbocycles. The molecule has 16 heavy (non-hydrogen) atoms. The quantitative estimate of drug-likeness (QED) is 0.832. The molecule has 3 heteroatoms. The molecule has 3 nitrogen and oxygen atoms in total. The Morgan fingerprint density at radius 1 is 1.44 bits per heavy atom. The van der Waals surface area contributed by atoms with Crippen LogP contribution >= 0.6 is 0 Å². The number of carbonyl (C=O) groups excluding carboxylic acids is 1. The topological polar surface area (TPSA) is 34.0 Å². The molecule has 1 aliphatic carbocycles. The number of rotatable bonds is 3. The molecule has 1 aromatic rings. The molecular formula is C13H20N2O. The summed E-state index contributed by atoms with van der Waals surface area (Å²) in [6, 6.07) is 4.04. The first-order valence-corrected chi connectivity index (χ1v) is 6.15. The van der Waals surface area contributed by atoms with Crippen molar-refractivity contribution in [3.63, 3.8) is 0 Å². The SMILES string of the molecule is Cn1cccc1CNC(=O)C1CCCCC1. The molecule has 0 atom stereocenters. The summed E-state index contributed by atoms with van der Waals surface area (Å²) >= 11 is 0. The van der Waals surface area contributed by atoms with Crippen LogP contribution in [0.15, 0.2) is 18.3 Å². The molecule has 0 aliphatic heterocycles. The number of nitrogens with one attached hydrogen (secondary N) is 1. The van der Waals surface area contributed by atoms with Gasteiger partial charge in [-0.25, -0.2) is 0 Å². The lowest BCUT2D eigenvalue weighted by molar-refractivity contribution is -0.126. The maximum Gasteiger partial charge on any atom is 0.223 e. The van der Waals surface area contributed by atoms with Crippen LogP contribution in [0.25, 0.3) is 0 Å². The third-order valence-electron chi connectivity index (χ3n) is 3.47. The second kappa shape index (κ2) is 5.19. The summed E-state index contributed by atoms with van der Waals surface area (Å²) < 4.78 is 2.04. The van der Waals surface area contributed by atoms with Crippen LogP contribution in [0, 0.1) is 5.92 Å². The van der Waals surface area contributed by atoms with E-state index in [4.69, 9.17) is 0 Å². The van der Waals surface area contributed by atoms with Gasteiger partial charge in [0, 0.05) is 24.9 Å². The normalized spacial score (nSPS) is 17.3. The maximum absolute atomic E-state index is 11.9. The van der Waals surface area contributed by atoms with Gasteiger partial charge in [0.2, 0.25) is 5.91 Å². The average Bonchev–Trinajstić information content (AvgIpc) is 2.73. The van der Waals surface area contributed by atoms with Crippen molar-refractivity contribution in [1.82, 2.24) is 9.88 Å². The zero-order valence-electron chi connectivity index (χ0n) is 9.91. The van der Waals surface area contributed by atoms with E-state index in [2.05, 4.69) is 5.32 Å². The average molecular weight is 220 g/mol. The molecule has 1 heterocycles. The summed E-state index contributed by atoms with van der Waals surface area (Å²) in [6.45, 7) is 0.652. The number of carbonyl (C=O) groups is 1. The monoisotopic (exact) mass is 220 g/mol.